The van der Waals surface area contributed by atoms with Gasteiger partial charge in [0.05, 0.1) is 5.71 Å². The Labute approximate surface area is 123 Å². The van der Waals surface area contributed by atoms with Crippen molar-refractivity contribution >= 4 is 16.5 Å². The molecule has 1 unspecified atom stereocenters. The Morgan fingerprint density at radius 1 is 0.810 bits per heavy atom. The van der Waals surface area contributed by atoms with Gasteiger partial charge >= 0.3 is 0 Å². The standard InChI is InChI=1S/C19H15NO/c1-2-7-15(8-3-1)19-13-18(20-21-19)17-11-10-14-6-4-5-9-16(14)12-17/h1-12,19H,13H2. The minimum Gasteiger partial charge on any atom is -0.387 e. The van der Waals surface area contributed by atoms with Crippen molar-refractivity contribution in [3.05, 3.63) is 83.9 Å². The topological polar surface area (TPSA) is 21.6 Å². The molecule has 0 radical (unpaired) electrons. The SMILES string of the molecule is c1ccc(C2CC(c3ccc4ccccc4c3)=NO2)cc1. The number of oxime groups is 1. The third kappa shape index (κ3) is 2.29. The quantitative estimate of drug-likeness (QED) is 0.663. The first-order chi connectivity index (χ1) is 10.4. The number of nitrogens with zero attached hydrogens (tertiary/aromatic N) is 1. The Morgan fingerprint density at radius 2 is 1.57 bits per heavy atom. The van der Waals surface area contributed by atoms with Gasteiger partial charge in [0.2, 0.25) is 0 Å². The fourth-order valence-corrected chi connectivity index (χ4v) is 2.76. The zero-order valence-electron chi connectivity index (χ0n) is 11.6. The molecule has 0 N–H and O–H groups in total. The van der Waals surface area contributed by atoms with Crippen molar-refractivity contribution in [2.75, 3.05) is 0 Å². The van der Waals surface area contributed by atoms with Crippen molar-refractivity contribution in [1.82, 2.24) is 0 Å². The van der Waals surface area contributed by atoms with Gasteiger partial charge in [-0.3, -0.25) is 0 Å². The van der Waals surface area contributed by atoms with Crippen LogP contribution in [0.15, 0.2) is 78.0 Å². The molecule has 4 rings (SSSR count). The largest absolute Gasteiger partial charge is 0.387 e. The third-order valence-electron chi connectivity index (χ3n) is 3.92. The van der Waals surface area contributed by atoms with E-state index in [0.717, 1.165) is 17.7 Å². The van der Waals surface area contributed by atoms with E-state index in [9.17, 15) is 0 Å². The van der Waals surface area contributed by atoms with E-state index >= 15 is 0 Å². The molecule has 3 aromatic carbocycles. The molecule has 21 heavy (non-hydrogen) atoms. The average Bonchev–Trinajstić information content (AvgIpc) is 3.05. The van der Waals surface area contributed by atoms with Gasteiger partial charge in [-0.15, -0.1) is 0 Å². The summed E-state index contributed by atoms with van der Waals surface area (Å²) in [6, 6.07) is 25.1. The van der Waals surface area contributed by atoms with Crippen LogP contribution in [0.3, 0.4) is 0 Å². The van der Waals surface area contributed by atoms with Gasteiger partial charge in [0, 0.05) is 12.0 Å². The minimum absolute atomic E-state index is 0.0349. The zero-order valence-corrected chi connectivity index (χ0v) is 11.6. The lowest BCUT2D eigenvalue weighted by molar-refractivity contribution is 0.0857. The number of hydrogen-bond acceptors (Lipinski definition) is 2. The van der Waals surface area contributed by atoms with E-state index in [1.165, 1.54) is 16.3 Å². The molecule has 0 bridgehead atoms. The molecule has 0 aromatic heterocycles. The van der Waals surface area contributed by atoms with Gasteiger partial charge in [0.1, 0.15) is 0 Å². The highest BCUT2D eigenvalue weighted by molar-refractivity contribution is 6.04. The lowest BCUT2D eigenvalue weighted by Gasteiger charge is -2.07. The van der Waals surface area contributed by atoms with E-state index in [2.05, 4.69) is 59.8 Å². The summed E-state index contributed by atoms with van der Waals surface area (Å²) in [6.45, 7) is 0. The molecule has 0 aliphatic carbocycles. The second-order valence-corrected chi connectivity index (χ2v) is 5.31. The average molecular weight is 273 g/mol. The first-order valence-corrected chi connectivity index (χ1v) is 7.17. The highest BCUT2D eigenvalue weighted by Crippen LogP contribution is 2.30. The first kappa shape index (κ1) is 12.2. The van der Waals surface area contributed by atoms with Crippen molar-refractivity contribution in [2.45, 2.75) is 12.5 Å². The number of hydrogen-bond donors (Lipinski definition) is 0. The van der Waals surface area contributed by atoms with Crippen LogP contribution < -0.4 is 0 Å². The number of benzene rings is 3. The van der Waals surface area contributed by atoms with Gasteiger partial charge in [0.15, 0.2) is 6.10 Å². The molecule has 0 fully saturated rings. The lowest BCUT2D eigenvalue weighted by atomic mass is 9.98. The van der Waals surface area contributed by atoms with Crippen LogP contribution in [-0.4, -0.2) is 5.71 Å². The maximum atomic E-state index is 5.61. The van der Waals surface area contributed by atoms with Gasteiger partial charge < -0.3 is 4.84 Å². The van der Waals surface area contributed by atoms with Crippen LogP contribution in [0, 0.1) is 0 Å². The van der Waals surface area contributed by atoms with Crippen molar-refractivity contribution in [3.63, 3.8) is 0 Å². The molecule has 1 heterocycles. The van der Waals surface area contributed by atoms with Gasteiger partial charge in [-0.25, -0.2) is 0 Å². The Balaban J connectivity index is 1.62. The predicted molar refractivity (Wildman–Crippen MR) is 85.4 cm³/mol. The smallest absolute Gasteiger partial charge is 0.158 e. The molecule has 3 aromatic rings. The van der Waals surface area contributed by atoms with E-state index < -0.39 is 0 Å². The Morgan fingerprint density at radius 3 is 2.43 bits per heavy atom. The van der Waals surface area contributed by atoms with Crippen LogP contribution >= 0.6 is 0 Å². The summed E-state index contributed by atoms with van der Waals surface area (Å²) >= 11 is 0. The van der Waals surface area contributed by atoms with Gasteiger partial charge in [-0.2, -0.15) is 0 Å². The summed E-state index contributed by atoms with van der Waals surface area (Å²) < 4.78 is 0. The second-order valence-electron chi connectivity index (χ2n) is 5.31. The summed E-state index contributed by atoms with van der Waals surface area (Å²) in [5.74, 6) is 0. The molecule has 2 nitrogen and oxygen atoms in total. The Hall–Kier alpha value is -2.61. The maximum Gasteiger partial charge on any atom is 0.158 e. The van der Waals surface area contributed by atoms with Gasteiger partial charge in [0.25, 0.3) is 0 Å². The van der Waals surface area contributed by atoms with E-state index in [-0.39, 0.29) is 6.10 Å². The molecular formula is C19H15NO. The van der Waals surface area contributed by atoms with Crippen molar-refractivity contribution < 1.29 is 4.84 Å². The van der Waals surface area contributed by atoms with Gasteiger partial charge in [-0.1, -0.05) is 71.9 Å². The molecule has 0 saturated carbocycles. The van der Waals surface area contributed by atoms with Crippen LogP contribution in [-0.2, 0) is 4.84 Å². The summed E-state index contributed by atoms with van der Waals surface area (Å²) in [5.41, 5.74) is 3.35. The van der Waals surface area contributed by atoms with E-state index in [1.54, 1.807) is 0 Å². The van der Waals surface area contributed by atoms with Crippen molar-refractivity contribution in [2.24, 2.45) is 5.16 Å². The molecule has 0 amide bonds. The minimum atomic E-state index is 0.0349. The van der Waals surface area contributed by atoms with Crippen LogP contribution in [0.5, 0.6) is 0 Å². The highest BCUT2D eigenvalue weighted by atomic mass is 16.6. The molecule has 0 spiro atoms. The molecule has 2 heteroatoms. The fourth-order valence-electron chi connectivity index (χ4n) is 2.76. The van der Waals surface area contributed by atoms with E-state index in [0.29, 0.717) is 0 Å². The van der Waals surface area contributed by atoms with Crippen LogP contribution in [0.2, 0.25) is 0 Å². The Kier molecular flexibility index (Phi) is 2.93. The third-order valence-corrected chi connectivity index (χ3v) is 3.92. The highest BCUT2D eigenvalue weighted by Gasteiger charge is 2.23. The summed E-state index contributed by atoms with van der Waals surface area (Å²) in [6.07, 6.45) is 0.857. The second kappa shape index (κ2) is 5.06. The van der Waals surface area contributed by atoms with Crippen LogP contribution in [0.1, 0.15) is 23.7 Å². The van der Waals surface area contributed by atoms with Crippen molar-refractivity contribution in [1.29, 1.82) is 0 Å². The van der Waals surface area contributed by atoms with Gasteiger partial charge in [-0.05, 0) is 22.4 Å². The normalized spacial score (nSPS) is 17.5. The monoisotopic (exact) mass is 273 g/mol. The number of fused-ring (bicyclic) bond motifs is 1. The summed E-state index contributed by atoms with van der Waals surface area (Å²) in [5, 5.41) is 6.77. The molecule has 102 valence electrons. The first-order valence-electron chi connectivity index (χ1n) is 7.17. The zero-order chi connectivity index (χ0) is 14.1. The molecule has 0 saturated heterocycles. The lowest BCUT2D eigenvalue weighted by Crippen LogP contribution is -2.01. The fraction of sp³-hybridized carbons (Fsp3) is 0.105. The summed E-state index contributed by atoms with van der Waals surface area (Å²) in [7, 11) is 0. The molecular weight excluding hydrogens is 258 g/mol. The van der Waals surface area contributed by atoms with E-state index in [4.69, 9.17) is 4.84 Å². The van der Waals surface area contributed by atoms with Crippen LogP contribution in [0.25, 0.3) is 10.8 Å². The molecule has 1 atom stereocenters. The summed E-state index contributed by atoms with van der Waals surface area (Å²) in [4.78, 5) is 5.61. The molecule has 1 aliphatic heterocycles. The Bertz CT molecular complexity index is 808. The van der Waals surface area contributed by atoms with Crippen molar-refractivity contribution in [3.8, 4) is 0 Å². The van der Waals surface area contributed by atoms with Crippen LogP contribution in [0.4, 0.5) is 0 Å². The predicted octanol–water partition coefficient (Wildman–Crippen LogP) is 4.71. The molecule has 1 aliphatic rings. The van der Waals surface area contributed by atoms with E-state index in [1.807, 2.05) is 18.2 Å². The maximum absolute atomic E-state index is 5.61. The number of rotatable bonds is 2.